The second kappa shape index (κ2) is 8.00. The number of nitrogens with zero attached hydrogens (tertiary/aromatic N) is 3. The first-order valence-electron chi connectivity index (χ1n) is 4.08. The van der Waals surface area contributed by atoms with Crippen molar-refractivity contribution in [1.29, 1.82) is 10.5 Å². The molecule has 0 N–H and O–H groups in total. The second-order valence-electron chi connectivity index (χ2n) is 2.37. The molecule has 0 aromatic heterocycles. The van der Waals surface area contributed by atoms with E-state index in [0.717, 1.165) is 0 Å². The fourth-order valence-electron chi connectivity index (χ4n) is 0.584. The molecule has 0 fully saturated rings. The lowest BCUT2D eigenvalue weighted by atomic mass is 10.3. The van der Waals surface area contributed by atoms with Gasteiger partial charge in [-0.05, 0) is 25.0 Å². The van der Waals surface area contributed by atoms with Gasteiger partial charge in [0, 0.05) is 25.2 Å². The van der Waals surface area contributed by atoms with Crippen LogP contribution in [0.25, 0.3) is 0 Å². The molecule has 0 saturated carbocycles. The van der Waals surface area contributed by atoms with Crippen LogP contribution >= 0.6 is 0 Å². The van der Waals surface area contributed by atoms with Gasteiger partial charge in [0.15, 0.2) is 0 Å². The van der Waals surface area contributed by atoms with Crippen LogP contribution in [0.5, 0.6) is 0 Å². The predicted octanol–water partition coefficient (Wildman–Crippen LogP) is 1.39. The van der Waals surface area contributed by atoms with Crippen molar-refractivity contribution in [2.75, 3.05) is 7.05 Å². The van der Waals surface area contributed by atoms with Gasteiger partial charge < -0.3 is 4.90 Å². The molecule has 0 radical (unpaired) electrons. The zero-order valence-electron chi connectivity index (χ0n) is 8.57. The number of nitriles is 2. The van der Waals surface area contributed by atoms with Gasteiger partial charge in [0.1, 0.15) is 17.7 Å². The molecule has 0 aliphatic carbocycles. The molecule has 0 rings (SSSR count). The molecule has 0 bridgehead atoms. The van der Waals surface area contributed by atoms with Crippen molar-refractivity contribution >= 4 is 0 Å². The first-order valence-corrected chi connectivity index (χ1v) is 4.08. The van der Waals surface area contributed by atoms with E-state index in [1.165, 1.54) is 6.08 Å². The minimum absolute atomic E-state index is 0.0564. The van der Waals surface area contributed by atoms with E-state index in [1.54, 1.807) is 43.3 Å². The van der Waals surface area contributed by atoms with Gasteiger partial charge >= 0.3 is 0 Å². The molecule has 0 aromatic carbocycles. The van der Waals surface area contributed by atoms with E-state index < -0.39 is 0 Å². The van der Waals surface area contributed by atoms with Crippen LogP contribution in [0.2, 0.25) is 0 Å². The van der Waals surface area contributed by atoms with E-state index >= 15 is 0 Å². The fraction of sp³-hybridized carbons (Fsp3) is 0.167. The average molecular weight is 195 g/mol. The van der Waals surface area contributed by atoms with Gasteiger partial charge in [-0.3, -0.25) is 0 Å². The van der Waals surface area contributed by atoms with Crippen molar-refractivity contribution in [3.63, 3.8) is 0 Å². The Balaban J connectivity index is 4.39. The highest BCUT2D eigenvalue weighted by Gasteiger charge is 1.86. The number of allylic oxidation sites excluding steroid dienone is 3. The van der Waals surface area contributed by atoms with Crippen LogP contribution in [0.4, 0.5) is 0 Å². The third-order valence-corrected chi connectivity index (χ3v) is 1.23. The van der Waals surface area contributed by atoms with E-state index in [2.05, 4.69) is 23.8 Å². The molecule has 0 heterocycles. The van der Waals surface area contributed by atoms with E-state index in [9.17, 15) is 0 Å². The third-order valence-electron chi connectivity index (χ3n) is 1.23. The number of hydrogen-bond donors (Lipinski definition) is 0. The molecule has 0 spiro atoms. The van der Waals surface area contributed by atoms with Gasteiger partial charge in [-0.1, -0.05) is 5.92 Å². The molecule has 0 amide bonds. The maximum absolute atomic E-state index is 8.43. The van der Waals surface area contributed by atoms with E-state index in [1.807, 2.05) is 0 Å². The highest BCUT2D eigenvalue weighted by atomic mass is 15.0. The van der Waals surface area contributed by atoms with Crippen molar-refractivity contribution < 1.29 is 0 Å². The van der Waals surface area contributed by atoms with Crippen LogP contribution in [0.15, 0.2) is 23.9 Å². The van der Waals surface area contributed by atoms with E-state index in [0.29, 0.717) is 0 Å². The molecule has 72 valence electrons. The van der Waals surface area contributed by atoms with Gasteiger partial charge in [0.2, 0.25) is 0 Å². The second-order valence-corrected chi connectivity index (χ2v) is 2.37. The van der Waals surface area contributed by atoms with Crippen LogP contribution in [0.1, 0.15) is 6.92 Å². The topological polar surface area (TPSA) is 50.8 Å². The summed E-state index contributed by atoms with van der Waals surface area (Å²) in [6.07, 6.45) is 4.64. The van der Waals surface area contributed by atoms with Crippen LogP contribution in [0, 0.1) is 46.5 Å². The highest BCUT2D eigenvalue weighted by Crippen LogP contribution is 1.90. The number of hydrogen-bond acceptors (Lipinski definition) is 3. The molecule has 3 nitrogen and oxygen atoms in total. The van der Waals surface area contributed by atoms with Gasteiger partial charge in [0.25, 0.3) is 0 Å². The van der Waals surface area contributed by atoms with E-state index in [-0.39, 0.29) is 5.57 Å². The minimum atomic E-state index is 0.0564. The summed E-state index contributed by atoms with van der Waals surface area (Å²) in [7, 11) is 1.74. The zero-order chi connectivity index (χ0) is 11.5. The minimum Gasteiger partial charge on any atom is -0.311 e. The Morgan fingerprint density at radius 1 is 1.20 bits per heavy atom. The van der Waals surface area contributed by atoms with E-state index in [4.69, 9.17) is 10.5 Å². The molecule has 15 heavy (non-hydrogen) atoms. The van der Waals surface area contributed by atoms with Crippen LogP contribution in [-0.4, -0.2) is 11.9 Å². The molecule has 0 aliphatic heterocycles. The Bertz CT molecular complexity index is 445. The summed E-state index contributed by atoms with van der Waals surface area (Å²) in [4.78, 5) is 1.59. The molecule has 0 atom stereocenters. The fourth-order valence-corrected chi connectivity index (χ4v) is 0.584. The molecular weight excluding hydrogens is 186 g/mol. The standard InChI is InChI=1S/C12H9N3/c1-3-4-5-8-15(2)9-6-7-12(10-13)11-14/h6-7,9H,1-2H3/b9-6+. The largest absolute Gasteiger partial charge is 0.311 e. The molecular formula is C12H9N3. The average Bonchev–Trinajstić information content (AvgIpc) is 2.25. The maximum atomic E-state index is 8.43. The Morgan fingerprint density at radius 3 is 2.40 bits per heavy atom. The molecule has 0 aromatic rings. The SMILES string of the molecule is CC#CC#CN(C)/C=C/C=C(C#N)C#N. The smallest absolute Gasteiger partial charge is 0.129 e. The summed E-state index contributed by atoms with van der Waals surface area (Å²) in [5.41, 5.74) is 0.0564. The summed E-state index contributed by atoms with van der Waals surface area (Å²) in [5, 5.41) is 16.9. The Morgan fingerprint density at radius 2 is 1.87 bits per heavy atom. The first-order chi connectivity index (χ1) is 7.24. The summed E-state index contributed by atoms with van der Waals surface area (Å²) in [6, 6.07) is 6.22. The summed E-state index contributed by atoms with van der Waals surface area (Å²) in [5.74, 6) is 7.85. The van der Waals surface area contributed by atoms with Crippen LogP contribution < -0.4 is 0 Å². The van der Waals surface area contributed by atoms with Crippen molar-refractivity contribution in [3.05, 3.63) is 23.9 Å². The van der Waals surface area contributed by atoms with Gasteiger partial charge in [-0.25, -0.2) is 0 Å². The quantitative estimate of drug-likeness (QED) is 0.289. The van der Waals surface area contributed by atoms with Crippen molar-refractivity contribution in [2.45, 2.75) is 6.92 Å². The molecule has 0 saturated heterocycles. The zero-order valence-corrected chi connectivity index (χ0v) is 8.57. The lowest BCUT2D eigenvalue weighted by Gasteiger charge is -1.99. The number of rotatable bonds is 2. The Labute approximate surface area is 89.9 Å². The predicted molar refractivity (Wildman–Crippen MR) is 57.4 cm³/mol. The monoisotopic (exact) mass is 195 g/mol. The highest BCUT2D eigenvalue weighted by molar-refractivity contribution is 5.38. The summed E-state index contributed by atoms with van der Waals surface area (Å²) >= 11 is 0. The Kier molecular flexibility index (Phi) is 6.60. The lowest BCUT2D eigenvalue weighted by molar-refractivity contribution is 0.663. The third kappa shape index (κ3) is 6.53. The summed E-state index contributed by atoms with van der Waals surface area (Å²) in [6.45, 7) is 1.71. The normalized spacial score (nSPS) is 7.20. The first kappa shape index (κ1) is 12.4. The lowest BCUT2D eigenvalue weighted by Crippen LogP contribution is -1.99. The summed E-state index contributed by atoms with van der Waals surface area (Å²) < 4.78 is 0. The van der Waals surface area contributed by atoms with Crippen molar-refractivity contribution in [3.8, 4) is 35.9 Å². The maximum Gasteiger partial charge on any atom is 0.129 e. The van der Waals surface area contributed by atoms with Crippen LogP contribution in [-0.2, 0) is 0 Å². The van der Waals surface area contributed by atoms with Crippen molar-refractivity contribution in [2.24, 2.45) is 0 Å². The van der Waals surface area contributed by atoms with Gasteiger partial charge in [0.05, 0.1) is 0 Å². The Hall–Kier alpha value is -2.62. The van der Waals surface area contributed by atoms with Gasteiger partial charge in [-0.15, -0.1) is 0 Å². The van der Waals surface area contributed by atoms with Gasteiger partial charge in [-0.2, -0.15) is 10.5 Å². The molecule has 3 heteroatoms. The molecule has 0 aliphatic rings. The van der Waals surface area contributed by atoms with Crippen LogP contribution in [0.3, 0.4) is 0 Å². The van der Waals surface area contributed by atoms with Crippen molar-refractivity contribution in [1.82, 2.24) is 4.90 Å². The molecule has 0 unspecified atom stereocenters.